The molecule has 4 heteroatoms. The summed E-state index contributed by atoms with van der Waals surface area (Å²) in [5.74, 6) is -0.835. The molecule has 0 aliphatic carbocycles. The van der Waals surface area contributed by atoms with Crippen LogP contribution in [0, 0.1) is 5.92 Å². The topological polar surface area (TPSA) is 49.8 Å². The van der Waals surface area contributed by atoms with Crippen LogP contribution in [-0.4, -0.2) is 48.8 Å². The fourth-order valence-corrected chi connectivity index (χ4v) is 1.50. The molecule has 0 aromatic carbocycles. The molecule has 0 spiro atoms. The van der Waals surface area contributed by atoms with Gasteiger partial charge in [-0.25, -0.2) is 0 Å². The highest BCUT2D eigenvalue weighted by Gasteiger charge is 2.32. The molecule has 0 heterocycles. The van der Waals surface area contributed by atoms with Gasteiger partial charge in [0, 0.05) is 6.04 Å². The van der Waals surface area contributed by atoms with Crippen LogP contribution < -0.4 is 0 Å². The first kappa shape index (κ1) is 13.4. The minimum absolute atomic E-state index is 0.0209. The Balaban J connectivity index is 4.56. The second kappa shape index (κ2) is 5.98. The molecule has 84 valence electrons. The maximum atomic E-state index is 11.4. The Kier molecular flexibility index (Phi) is 5.72. The van der Waals surface area contributed by atoms with Crippen molar-refractivity contribution in [1.29, 1.82) is 0 Å². The van der Waals surface area contributed by atoms with Crippen LogP contribution >= 0.6 is 0 Å². The molecule has 0 amide bonds. The monoisotopic (exact) mass is 203 g/mol. The zero-order chi connectivity index (χ0) is 11.3. The van der Waals surface area contributed by atoms with Crippen molar-refractivity contribution < 1.29 is 14.6 Å². The number of hydrogen-bond acceptors (Lipinski definition) is 4. The van der Waals surface area contributed by atoms with Crippen molar-refractivity contribution in [3.63, 3.8) is 0 Å². The van der Waals surface area contributed by atoms with Crippen molar-refractivity contribution in [2.45, 2.75) is 32.9 Å². The van der Waals surface area contributed by atoms with Gasteiger partial charge >= 0.3 is 5.97 Å². The van der Waals surface area contributed by atoms with Gasteiger partial charge in [0.2, 0.25) is 0 Å². The molecular formula is C10H21NO3. The molecule has 0 aromatic heterocycles. The van der Waals surface area contributed by atoms with E-state index in [0.29, 0.717) is 0 Å². The summed E-state index contributed by atoms with van der Waals surface area (Å²) in [7, 11) is 3.26. The quantitative estimate of drug-likeness (QED) is 0.661. The number of esters is 1. The van der Waals surface area contributed by atoms with Gasteiger partial charge in [-0.15, -0.1) is 0 Å². The van der Waals surface area contributed by atoms with Crippen molar-refractivity contribution in [2.75, 3.05) is 20.7 Å². The van der Waals surface area contributed by atoms with Gasteiger partial charge in [0.1, 0.15) is 0 Å². The molecule has 0 bridgehead atoms. The average molecular weight is 203 g/mol. The van der Waals surface area contributed by atoms with E-state index in [1.54, 1.807) is 6.92 Å². The highest BCUT2D eigenvalue weighted by atomic mass is 16.5. The number of carbonyl (C=O) groups is 1. The Morgan fingerprint density at radius 1 is 1.50 bits per heavy atom. The van der Waals surface area contributed by atoms with Gasteiger partial charge < -0.3 is 14.7 Å². The van der Waals surface area contributed by atoms with Crippen LogP contribution in [0.3, 0.4) is 0 Å². The Labute approximate surface area is 85.9 Å². The van der Waals surface area contributed by atoms with E-state index in [2.05, 4.69) is 4.74 Å². The lowest BCUT2D eigenvalue weighted by Gasteiger charge is -2.30. The number of hydrogen-bond donors (Lipinski definition) is 1. The SMILES string of the molecule is CCN(C)C(C)C(C(=O)OC)C(C)O. The largest absolute Gasteiger partial charge is 0.469 e. The number of aliphatic hydroxyl groups excluding tert-OH is 1. The Morgan fingerprint density at radius 2 is 2.00 bits per heavy atom. The minimum atomic E-state index is -0.688. The maximum absolute atomic E-state index is 11.4. The summed E-state index contributed by atoms with van der Waals surface area (Å²) in [4.78, 5) is 13.4. The van der Waals surface area contributed by atoms with Gasteiger partial charge in [0.05, 0.1) is 19.1 Å². The molecule has 0 aliphatic rings. The number of ether oxygens (including phenoxy) is 1. The molecule has 1 N–H and O–H groups in total. The third kappa shape index (κ3) is 3.27. The van der Waals surface area contributed by atoms with Crippen LogP contribution in [0.15, 0.2) is 0 Å². The summed E-state index contributed by atoms with van der Waals surface area (Å²) >= 11 is 0. The van der Waals surface area contributed by atoms with E-state index in [1.807, 2.05) is 25.8 Å². The molecule has 0 radical (unpaired) electrons. The zero-order valence-electron chi connectivity index (χ0n) is 9.65. The summed E-state index contributed by atoms with van der Waals surface area (Å²) in [5, 5.41) is 9.50. The number of nitrogens with zero attached hydrogens (tertiary/aromatic N) is 1. The number of rotatable bonds is 5. The predicted octanol–water partition coefficient (Wildman–Crippen LogP) is 0.497. The second-order valence-corrected chi connectivity index (χ2v) is 3.60. The van der Waals surface area contributed by atoms with E-state index in [-0.39, 0.29) is 12.0 Å². The first-order valence-electron chi connectivity index (χ1n) is 4.91. The maximum Gasteiger partial charge on any atom is 0.312 e. The van der Waals surface area contributed by atoms with Crippen LogP contribution in [0.2, 0.25) is 0 Å². The molecule has 0 aliphatic heterocycles. The molecule has 3 atom stereocenters. The van der Waals surface area contributed by atoms with E-state index in [1.165, 1.54) is 7.11 Å². The van der Waals surface area contributed by atoms with Crippen molar-refractivity contribution in [2.24, 2.45) is 5.92 Å². The van der Waals surface area contributed by atoms with E-state index < -0.39 is 12.0 Å². The highest BCUT2D eigenvalue weighted by Crippen LogP contribution is 2.15. The van der Waals surface area contributed by atoms with Gasteiger partial charge in [0.15, 0.2) is 0 Å². The van der Waals surface area contributed by atoms with Crippen molar-refractivity contribution in [3.05, 3.63) is 0 Å². The van der Waals surface area contributed by atoms with Gasteiger partial charge in [0.25, 0.3) is 0 Å². The zero-order valence-corrected chi connectivity index (χ0v) is 9.65. The smallest absolute Gasteiger partial charge is 0.312 e. The number of aliphatic hydroxyl groups is 1. The lowest BCUT2D eigenvalue weighted by Crippen LogP contribution is -2.44. The summed E-state index contributed by atoms with van der Waals surface area (Å²) in [6.07, 6.45) is -0.688. The molecule has 0 fully saturated rings. The fraction of sp³-hybridized carbons (Fsp3) is 0.900. The van der Waals surface area contributed by atoms with Gasteiger partial charge in [-0.05, 0) is 27.4 Å². The van der Waals surface area contributed by atoms with E-state index in [0.717, 1.165) is 6.54 Å². The van der Waals surface area contributed by atoms with E-state index in [9.17, 15) is 9.90 Å². The van der Waals surface area contributed by atoms with Gasteiger partial charge in [-0.1, -0.05) is 6.92 Å². The Hall–Kier alpha value is -0.610. The van der Waals surface area contributed by atoms with Crippen molar-refractivity contribution >= 4 is 5.97 Å². The molecule has 0 saturated heterocycles. The van der Waals surface area contributed by atoms with Crippen LogP contribution in [-0.2, 0) is 9.53 Å². The molecule has 3 unspecified atom stereocenters. The van der Waals surface area contributed by atoms with Crippen LogP contribution in [0.4, 0.5) is 0 Å². The van der Waals surface area contributed by atoms with Crippen LogP contribution in [0.25, 0.3) is 0 Å². The summed E-state index contributed by atoms with van der Waals surface area (Å²) in [5.41, 5.74) is 0. The van der Waals surface area contributed by atoms with Gasteiger partial charge in [-0.2, -0.15) is 0 Å². The van der Waals surface area contributed by atoms with Crippen molar-refractivity contribution in [3.8, 4) is 0 Å². The van der Waals surface area contributed by atoms with Crippen LogP contribution in [0.1, 0.15) is 20.8 Å². The summed E-state index contributed by atoms with van der Waals surface area (Å²) < 4.78 is 4.66. The Morgan fingerprint density at radius 3 is 2.29 bits per heavy atom. The molecule has 4 nitrogen and oxygen atoms in total. The number of carbonyl (C=O) groups excluding carboxylic acids is 1. The van der Waals surface area contributed by atoms with E-state index in [4.69, 9.17) is 0 Å². The third-order valence-electron chi connectivity index (χ3n) is 2.71. The average Bonchev–Trinajstić information content (AvgIpc) is 2.15. The highest BCUT2D eigenvalue weighted by molar-refractivity contribution is 5.73. The molecule has 0 rings (SSSR count). The molecule has 0 aromatic rings. The Bertz CT molecular complexity index is 182. The third-order valence-corrected chi connectivity index (χ3v) is 2.71. The van der Waals surface area contributed by atoms with Gasteiger partial charge in [-0.3, -0.25) is 4.79 Å². The van der Waals surface area contributed by atoms with Crippen molar-refractivity contribution in [1.82, 2.24) is 4.90 Å². The first-order chi connectivity index (χ1) is 6.45. The normalized spacial score (nSPS) is 17.6. The lowest BCUT2D eigenvalue weighted by atomic mass is 9.95. The minimum Gasteiger partial charge on any atom is -0.469 e. The predicted molar refractivity (Wildman–Crippen MR) is 55.0 cm³/mol. The lowest BCUT2D eigenvalue weighted by molar-refractivity contribution is -0.152. The molecule has 14 heavy (non-hydrogen) atoms. The summed E-state index contributed by atoms with van der Waals surface area (Å²) in [6.45, 7) is 6.37. The first-order valence-corrected chi connectivity index (χ1v) is 4.91. The standard InChI is InChI=1S/C10H21NO3/c1-6-11(4)7(2)9(8(3)12)10(13)14-5/h7-9,12H,6H2,1-5H3. The fourth-order valence-electron chi connectivity index (χ4n) is 1.50. The summed E-state index contributed by atoms with van der Waals surface area (Å²) in [6, 6.07) is -0.0209. The second-order valence-electron chi connectivity index (χ2n) is 3.60. The van der Waals surface area contributed by atoms with E-state index >= 15 is 0 Å². The number of methoxy groups -OCH3 is 1. The molecular weight excluding hydrogens is 182 g/mol. The molecule has 0 saturated carbocycles. The van der Waals surface area contributed by atoms with Crippen LogP contribution in [0.5, 0.6) is 0 Å².